The third kappa shape index (κ3) is 567. The molecule has 0 aromatic heterocycles. The second-order valence-electron chi connectivity index (χ2n) is 5.33. The molecule has 0 aliphatic heterocycles. The quantitative estimate of drug-likeness (QED) is 0.170. The van der Waals surface area contributed by atoms with Gasteiger partial charge in [0.1, 0.15) is 0 Å². The van der Waals surface area contributed by atoms with Gasteiger partial charge in [0.15, 0.2) is 0 Å². The van der Waals surface area contributed by atoms with Crippen LogP contribution in [-0.2, 0) is 18.3 Å². The van der Waals surface area contributed by atoms with Crippen molar-refractivity contribution in [1.82, 2.24) is 0 Å². The Labute approximate surface area is 165 Å². The summed E-state index contributed by atoms with van der Waals surface area (Å²) >= 11 is 0. The predicted octanol–water partition coefficient (Wildman–Crippen LogP) is -0.360. The lowest BCUT2D eigenvalue weighted by Crippen LogP contribution is -2.00. The first-order chi connectivity index (χ1) is 11.9. The predicted molar refractivity (Wildman–Crippen MR) is 108 cm³/mol. The fraction of sp³-hybridized carbons (Fsp3) is 1.00. The van der Waals surface area contributed by atoms with Crippen LogP contribution in [0.2, 0.25) is 0 Å². The van der Waals surface area contributed by atoms with E-state index in [9.17, 15) is 18.3 Å². The zero-order valence-corrected chi connectivity index (χ0v) is 20.0. The van der Waals surface area contributed by atoms with E-state index in [2.05, 4.69) is 0 Å². The van der Waals surface area contributed by atoms with Crippen molar-refractivity contribution in [2.75, 3.05) is 39.7 Å². The van der Waals surface area contributed by atoms with Crippen molar-refractivity contribution < 1.29 is 57.4 Å². The van der Waals surface area contributed by atoms with Crippen LogP contribution in [0.15, 0.2) is 0 Å². The van der Waals surface area contributed by atoms with E-state index < -0.39 is 30.4 Å². The summed E-state index contributed by atoms with van der Waals surface area (Å²) in [7, 11) is -14.6. The monoisotopic (exact) mass is 500 g/mol. The van der Waals surface area contributed by atoms with Crippen molar-refractivity contribution in [1.29, 1.82) is 0 Å². The maximum Gasteiger partial charge on any atom is 0.322 e. The Bertz CT molecular complexity index is 389. The average Bonchev–Trinajstić information content (AvgIpc) is 2.26. The average molecular weight is 500 g/mol. The lowest BCUT2D eigenvalue weighted by atomic mass is 10.2. The molecule has 12 N–H and O–H groups in total. The van der Waals surface area contributed by atoms with Crippen molar-refractivity contribution in [3.63, 3.8) is 0 Å². The molecular formula is C10H36N2O12P4. The molecule has 178 valence electrons. The summed E-state index contributed by atoms with van der Waals surface area (Å²) in [6, 6.07) is 0. The zero-order chi connectivity index (χ0) is 24.2. The molecule has 0 bridgehead atoms. The van der Waals surface area contributed by atoms with Gasteiger partial charge < -0.3 is 50.6 Å². The van der Waals surface area contributed by atoms with Gasteiger partial charge >= 0.3 is 30.4 Å². The molecule has 0 radical (unpaired) electrons. The Hall–Kier alpha value is 0.520. The molecule has 0 aliphatic carbocycles. The molecule has 0 aromatic carbocycles. The Balaban J connectivity index is -0.0000000802. The highest BCUT2D eigenvalue weighted by Crippen LogP contribution is 2.27. The van der Waals surface area contributed by atoms with E-state index in [0.717, 1.165) is 52.6 Å². The van der Waals surface area contributed by atoms with Gasteiger partial charge in [-0.2, -0.15) is 0 Å². The van der Waals surface area contributed by atoms with Crippen LogP contribution in [0.4, 0.5) is 0 Å². The topological polar surface area (TPSA) is 282 Å². The van der Waals surface area contributed by atoms with Gasteiger partial charge in [-0.1, -0.05) is 12.8 Å². The van der Waals surface area contributed by atoms with E-state index in [1.807, 2.05) is 0 Å². The van der Waals surface area contributed by atoms with E-state index in [1.54, 1.807) is 0 Å². The Morgan fingerprint density at radius 1 is 0.464 bits per heavy atom. The van der Waals surface area contributed by atoms with Gasteiger partial charge in [-0.15, -0.1) is 0 Å². The molecule has 0 fully saturated rings. The summed E-state index contributed by atoms with van der Waals surface area (Å²) in [6.45, 7) is 5.06. The summed E-state index contributed by atoms with van der Waals surface area (Å²) in [5, 5.41) is 0. The molecule has 0 aliphatic rings. The highest BCUT2D eigenvalue weighted by atomic mass is 31.2. The number of unbranched alkanes of at least 4 members (excludes halogenated alkanes) is 3. The molecule has 0 amide bonds. The molecule has 14 nitrogen and oxygen atoms in total. The fourth-order valence-corrected chi connectivity index (χ4v) is 0.642. The van der Waals surface area contributed by atoms with Crippen LogP contribution in [0.3, 0.4) is 0 Å². The summed E-state index contributed by atoms with van der Waals surface area (Å²) in [5.74, 6) is 0. The van der Waals surface area contributed by atoms with E-state index in [1.165, 1.54) is 12.8 Å². The second kappa shape index (κ2) is 20.8. The minimum Gasteiger partial charge on any atom is -0.330 e. The molecule has 0 rings (SSSR count). The standard InChI is InChI=1S/C6H16N2.4CH5O3P/c7-5-3-1-2-4-6-8;4*1-5(2,3)4/h1-8H2;4*1H3,(H2,2,3,4). The van der Waals surface area contributed by atoms with Gasteiger partial charge in [0.05, 0.1) is 0 Å². The summed E-state index contributed by atoms with van der Waals surface area (Å²) in [6.07, 6.45) is 4.79. The maximum atomic E-state index is 9.33. The molecule has 0 spiro atoms. The Morgan fingerprint density at radius 3 is 0.643 bits per heavy atom. The maximum absolute atomic E-state index is 9.33. The Kier molecular flexibility index (Phi) is 29.0. The largest absolute Gasteiger partial charge is 0.330 e. The normalized spacial score (nSPS) is 11.2. The van der Waals surface area contributed by atoms with Gasteiger partial charge in [-0.05, 0) is 25.9 Å². The van der Waals surface area contributed by atoms with E-state index in [-0.39, 0.29) is 0 Å². The molecule has 28 heavy (non-hydrogen) atoms. The van der Waals surface area contributed by atoms with E-state index >= 15 is 0 Å². The summed E-state index contributed by atoms with van der Waals surface area (Å²) in [4.78, 5) is 61.1. The SMILES string of the molecule is CP(=O)(O)O.CP(=O)(O)O.CP(=O)(O)O.CP(=O)(O)O.NCCCCCCN. The summed E-state index contributed by atoms with van der Waals surface area (Å²) < 4.78 is 37.3. The van der Waals surface area contributed by atoms with Gasteiger partial charge in [-0.25, -0.2) is 0 Å². The van der Waals surface area contributed by atoms with Gasteiger partial charge in [0.25, 0.3) is 0 Å². The third-order valence-corrected chi connectivity index (χ3v) is 1.16. The first-order valence-electron chi connectivity index (χ1n) is 7.44. The van der Waals surface area contributed by atoms with Gasteiger partial charge in [-0.3, -0.25) is 18.3 Å². The molecule has 0 saturated heterocycles. The number of hydrogen-bond acceptors (Lipinski definition) is 6. The first kappa shape index (κ1) is 39.0. The lowest BCUT2D eigenvalue weighted by molar-refractivity contribution is 0.379. The molecule has 0 aromatic rings. The van der Waals surface area contributed by atoms with Gasteiger partial charge in [0, 0.05) is 26.7 Å². The summed E-state index contributed by atoms with van der Waals surface area (Å²) in [5.41, 5.74) is 10.6. The van der Waals surface area contributed by atoms with Crippen molar-refractivity contribution in [2.24, 2.45) is 11.5 Å². The molecule has 0 atom stereocenters. The zero-order valence-electron chi connectivity index (χ0n) is 16.4. The minimum absolute atomic E-state index is 0.824. The highest BCUT2D eigenvalue weighted by Gasteiger charge is 1.97. The van der Waals surface area contributed by atoms with Crippen molar-refractivity contribution in [3.05, 3.63) is 0 Å². The van der Waals surface area contributed by atoms with Crippen LogP contribution in [-0.4, -0.2) is 78.9 Å². The van der Waals surface area contributed by atoms with Crippen LogP contribution < -0.4 is 11.5 Å². The van der Waals surface area contributed by atoms with Crippen LogP contribution in [0, 0.1) is 0 Å². The number of nitrogens with two attached hydrogens (primary N) is 2. The molecule has 0 unspecified atom stereocenters. The van der Waals surface area contributed by atoms with Crippen LogP contribution in [0.5, 0.6) is 0 Å². The molecule has 18 heteroatoms. The van der Waals surface area contributed by atoms with E-state index in [0.29, 0.717) is 0 Å². The van der Waals surface area contributed by atoms with Crippen LogP contribution >= 0.6 is 30.4 Å². The first-order valence-corrected chi connectivity index (χ1v) is 15.7. The van der Waals surface area contributed by atoms with Crippen LogP contribution in [0.25, 0.3) is 0 Å². The van der Waals surface area contributed by atoms with Gasteiger partial charge in [0.2, 0.25) is 0 Å². The molecular weight excluding hydrogens is 464 g/mol. The van der Waals surface area contributed by atoms with E-state index in [4.69, 9.17) is 50.6 Å². The van der Waals surface area contributed by atoms with Crippen molar-refractivity contribution in [3.8, 4) is 0 Å². The second-order valence-corrected chi connectivity index (χ2v) is 12.0. The minimum atomic E-state index is -3.64. The molecule has 0 heterocycles. The highest BCUT2D eigenvalue weighted by molar-refractivity contribution is 7.51. The van der Waals surface area contributed by atoms with Crippen LogP contribution in [0.1, 0.15) is 25.7 Å². The smallest absolute Gasteiger partial charge is 0.322 e. The Morgan fingerprint density at radius 2 is 0.571 bits per heavy atom. The number of hydrogen-bond donors (Lipinski definition) is 10. The third-order valence-electron chi connectivity index (χ3n) is 1.16. The fourth-order valence-electron chi connectivity index (χ4n) is 0.642. The lowest BCUT2D eigenvalue weighted by Gasteiger charge is -1.94. The molecule has 0 saturated carbocycles. The number of rotatable bonds is 5. The van der Waals surface area contributed by atoms with Crippen molar-refractivity contribution >= 4 is 30.4 Å². The van der Waals surface area contributed by atoms with Crippen molar-refractivity contribution in [2.45, 2.75) is 25.7 Å².